The van der Waals surface area contributed by atoms with Crippen LogP contribution in [0.25, 0.3) is 0 Å². The Balaban J connectivity index is 2.38. The van der Waals surface area contributed by atoms with Crippen LogP contribution in [0.4, 0.5) is 11.4 Å². The maximum Gasteiger partial charge on any atom is 0.0991 e. The molecule has 0 unspecified atom stereocenters. The van der Waals surface area contributed by atoms with Crippen molar-refractivity contribution in [3.8, 4) is 6.07 Å². The second kappa shape index (κ2) is 5.90. The maximum atomic E-state index is 8.83. The third kappa shape index (κ3) is 2.97. The highest BCUT2D eigenvalue weighted by atomic mass is 79.9. The number of halogens is 1. The van der Waals surface area contributed by atoms with Gasteiger partial charge in [0.25, 0.3) is 0 Å². The van der Waals surface area contributed by atoms with Crippen molar-refractivity contribution >= 4 is 27.3 Å². The molecular formula is C16H15BrN2. The minimum absolute atomic E-state index is 0.682. The van der Waals surface area contributed by atoms with Crippen LogP contribution in [-0.4, -0.2) is 7.05 Å². The number of hydrogen-bond donors (Lipinski definition) is 0. The van der Waals surface area contributed by atoms with Gasteiger partial charge in [-0.25, -0.2) is 0 Å². The van der Waals surface area contributed by atoms with Crippen LogP contribution in [0.1, 0.15) is 16.7 Å². The van der Waals surface area contributed by atoms with Crippen LogP contribution in [0.2, 0.25) is 0 Å². The van der Waals surface area contributed by atoms with Crippen molar-refractivity contribution in [2.45, 2.75) is 12.3 Å². The summed E-state index contributed by atoms with van der Waals surface area (Å²) in [5.41, 5.74) is 5.44. The Kier molecular flexibility index (Phi) is 4.24. The highest BCUT2D eigenvalue weighted by molar-refractivity contribution is 9.08. The molecule has 0 aliphatic heterocycles. The van der Waals surface area contributed by atoms with Gasteiger partial charge in [0.15, 0.2) is 0 Å². The Labute approximate surface area is 122 Å². The number of hydrogen-bond acceptors (Lipinski definition) is 2. The van der Waals surface area contributed by atoms with Crippen molar-refractivity contribution in [2.24, 2.45) is 0 Å². The highest BCUT2D eigenvalue weighted by Gasteiger charge is 2.08. The molecular weight excluding hydrogens is 300 g/mol. The van der Waals surface area contributed by atoms with Crippen LogP contribution < -0.4 is 4.90 Å². The summed E-state index contributed by atoms with van der Waals surface area (Å²) in [7, 11) is 2.04. The van der Waals surface area contributed by atoms with Crippen LogP contribution in [0, 0.1) is 18.3 Å². The summed E-state index contributed by atoms with van der Waals surface area (Å²) in [4.78, 5) is 2.14. The second-order valence-corrected chi connectivity index (χ2v) is 5.04. The zero-order chi connectivity index (χ0) is 13.8. The monoisotopic (exact) mass is 314 g/mol. The zero-order valence-electron chi connectivity index (χ0n) is 11.0. The van der Waals surface area contributed by atoms with Crippen molar-refractivity contribution < 1.29 is 0 Å². The first-order chi connectivity index (χ1) is 9.15. The van der Waals surface area contributed by atoms with Gasteiger partial charge in [0.05, 0.1) is 11.6 Å². The van der Waals surface area contributed by atoms with Crippen molar-refractivity contribution in [1.82, 2.24) is 0 Å². The predicted molar refractivity (Wildman–Crippen MR) is 83.0 cm³/mol. The standard InChI is InChI=1S/C16H15BrN2/c1-12-3-8-16(14(9-12)10-17)19(2)15-6-4-13(11-18)5-7-15/h3-9H,10H2,1-2H3. The van der Waals surface area contributed by atoms with Crippen molar-refractivity contribution in [2.75, 3.05) is 11.9 Å². The van der Waals surface area contributed by atoms with Crippen LogP contribution in [-0.2, 0) is 5.33 Å². The Morgan fingerprint density at radius 3 is 2.42 bits per heavy atom. The van der Waals surface area contributed by atoms with E-state index in [0.717, 1.165) is 11.0 Å². The van der Waals surface area contributed by atoms with E-state index in [2.05, 4.69) is 52.0 Å². The molecule has 0 bridgehead atoms. The first-order valence-corrected chi connectivity index (χ1v) is 7.17. The molecule has 0 aliphatic carbocycles. The summed E-state index contributed by atoms with van der Waals surface area (Å²) in [5.74, 6) is 0. The van der Waals surface area contributed by atoms with E-state index in [4.69, 9.17) is 5.26 Å². The number of benzene rings is 2. The first-order valence-electron chi connectivity index (χ1n) is 6.05. The van der Waals surface area contributed by atoms with E-state index >= 15 is 0 Å². The molecule has 0 heterocycles. The van der Waals surface area contributed by atoms with Gasteiger partial charge in [-0.15, -0.1) is 0 Å². The molecule has 2 rings (SSSR count). The maximum absolute atomic E-state index is 8.83. The Hall–Kier alpha value is -1.79. The van der Waals surface area contributed by atoms with Gasteiger partial charge >= 0.3 is 0 Å². The Morgan fingerprint density at radius 1 is 1.16 bits per heavy atom. The van der Waals surface area contributed by atoms with E-state index in [-0.39, 0.29) is 0 Å². The molecule has 0 saturated carbocycles. The number of anilines is 2. The van der Waals surface area contributed by atoms with Gasteiger partial charge in [0, 0.05) is 23.8 Å². The number of nitrogens with zero attached hydrogens (tertiary/aromatic N) is 2. The molecule has 96 valence electrons. The molecule has 0 aromatic heterocycles. The molecule has 0 radical (unpaired) electrons. The van der Waals surface area contributed by atoms with Crippen molar-refractivity contribution in [3.63, 3.8) is 0 Å². The van der Waals surface area contributed by atoms with Gasteiger partial charge in [0.2, 0.25) is 0 Å². The van der Waals surface area contributed by atoms with E-state index < -0.39 is 0 Å². The summed E-state index contributed by atoms with van der Waals surface area (Å²) < 4.78 is 0. The predicted octanol–water partition coefficient (Wildman–Crippen LogP) is 4.53. The first kappa shape index (κ1) is 13.6. The second-order valence-electron chi connectivity index (χ2n) is 4.48. The summed E-state index contributed by atoms with van der Waals surface area (Å²) >= 11 is 3.54. The lowest BCUT2D eigenvalue weighted by molar-refractivity contribution is 1.17. The van der Waals surface area contributed by atoms with Gasteiger partial charge < -0.3 is 4.90 Å². The number of rotatable bonds is 3. The molecule has 0 saturated heterocycles. The highest BCUT2D eigenvalue weighted by Crippen LogP contribution is 2.29. The number of aryl methyl sites for hydroxylation is 1. The summed E-state index contributed by atoms with van der Waals surface area (Å²) in [6, 6.07) is 16.2. The molecule has 0 atom stereocenters. The molecule has 0 aliphatic rings. The normalized spacial score (nSPS) is 10.0. The fraction of sp³-hybridized carbons (Fsp3) is 0.188. The molecule has 19 heavy (non-hydrogen) atoms. The fourth-order valence-corrected chi connectivity index (χ4v) is 2.50. The van der Waals surface area contributed by atoms with Gasteiger partial charge in [-0.2, -0.15) is 5.26 Å². The molecule has 0 fully saturated rings. The summed E-state index contributed by atoms with van der Waals surface area (Å²) in [6.07, 6.45) is 0. The van der Waals surface area contributed by atoms with Gasteiger partial charge in [-0.1, -0.05) is 33.6 Å². The van der Waals surface area contributed by atoms with Crippen molar-refractivity contribution in [3.05, 3.63) is 59.2 Å². The third-order valence-corrected chi connectivity index (χ3v) is 3.73. The quantitative estimate of drug-likeness (QED) is 0.778. The van der Waals surface area contributed by atoms with Crippen molar-refractivity contribution in [1.29, 1.82) is 5.26 Å². The minimum atomic E-state index is 0.682. The van der Waals surface area contributed by atoms with Crippen LogP contribution >= 0.6 is 15.9 Å². The van der Waals surface area contributed by atoms with Gasteiger partial charge in [-0.05, 0) is 42.8 Å². The molecule has 3 heteroatoms. The molecule has 0 spiro atoms. The molecule has 2 aromatic rings. The van der Waals surface area contributed by atoms with Gasteiger partial charge in [0.1, 0.15) is 0 Å². The molecule has 2 nitrogen and oxygen atoms in total. The zero-order valence-corrected chi connectivity index (χ0v) is 12.6. The van der Waals surface area contributed by atoms with E-state index in [9.17, 15) is 0 Å². The van der Waals surface area contributed by atoms with E-state index in [1.54, 1.807) is 0 Å². The van der Waals surface area contributed by atoms with Crippen LogP contribution in [0.3, 0.4) is 0 Å². The molecule has 0 amide bonds. The lowest BCUT2D eigenvalue weighted by Crippen LogP contribution is -2.11. The largest absolute Gasteiger partial charge is 0.344 e. The minimum Gasteiger partial charge on any atom is -0.344 e. The van der Waals surface area contributed by atoms with E-state index in [1.165, 1.54) is 16.8 Å². The SMILES string of the molecule is Cc1ccc(N(C)c2ccc(C#N)cc2)c(CBr)c1. The summed E-state index contributed by atoms with van der Waals surface area (Å²) in [6.45, 7) is 2.09. The van der Waals surface area contributed by atoms with E-state index in [1.807, 2.05) is 31.3 Å². The lowest BCUT2D eigenvalue weighted by Gasteiger charge is -2.22. The number of nitriles is 1. The Morgan fingerprint density at radius 2 is 1.84 bits per heavy atom. The van der Waals surface area contributed by atoms with Crippen LogP contribution in [0.15, 0.2) is 42.5 Å². The average molecular weight is 315 g/mol. The fourth-order valence-electron chi connectivity index (χ4n) is 2.05. The smallest absolute Gasteiger partial charge is 0.0991 e. The summed E-state index contributed by atoms with van der Waals surface area (Å²) in [5, 5.41) is 9.65. The third-order valence-electron chi connectivity index (χ3n) is 3.12. The number of alkyl halides is 1. The van der Waals surface area contributed by atoms with E-state index in [0.29, 0.717) is 5.56 Å². The van der Waals surface area contributed by atoms with Crippen LogP contribution in [0.5, 0.6) is 0 Å². The van der Waals surface area contributed by atoms with Gasteiger partial charge in [-0.3, -0.25) is 0 Å². The lowest BCUT2D eigenvalue weighted by atomic mass is 10.1. The Bertz CT molecular complexity index is 612. The molecule has 2 aromatic carbocycles. The topological polar surface area (TPSA) is 27.0 Å². The average Bonchev–Trinajstić information content (AvgIpc) is 2.46. The molecule has 0 N–H and O–H groups in total.